The highest BCUT2D eigenvalue weighted by Gasteiger charge is 2.39. The van der Waals surface area contributed by atoms with E-state index >= 15 is 0 Å². The highest BCUT2D eigenvalue weighted by atomic mass is 14.4. The van der Waals surface area contributed by atoms with Gasteiger partial charge in [0.25, 0.3) is 0 Å². The fourth-order valence-electron chi connectivity index (χ4n) is 9.68. The number of hydrogen-bond donors (Lipinski definition) is 0. The Morgan fingerprint density at radius 3 is 1.55 bits per heavy atom. The first-order valence-corrected chi connectivity index (χ1v) is 27.8. The van der Waals surface area contributed by atoms with Crippen molar-refractivity contribution in [2.75, 3.05) is 0 Å². The molecular formula is C74H94. The summed E-state index contributed by atoms with van der Waals surface area (Å²) in [6, 6.07) is 52.8. The van der Waals surface area contributed by atoms with E-state index in [0.717, 1.165) is 11.5 Å². The summed E-state index contributed by atoms with van der Waals surface area (Å²) in [6.45, 7) is 38.7. The van der Waals surface area contributed by atoms with Gasteiger partial charge in [-0.2, -0.15) is 0 Å². The molecule has 0 amide bonds. The molecule has 0 radical (unpaired) electrons. The van der Waals surface area contributed by atoms with Gasteiger partial charge in [-0.15, -0.1) is 0 Å². The predicted octanol–water partition coefficient (Wildman–Crippen LogP) is 22.6. The van der Waals surface area contributed by atoms with E-state index in [1.807, 2.05) is 47.6 Å². The Morgan fingerprint density at radius 2 is 1.08 bits per heavy atom. The molecule has 1 aliphatic carbocycles. The van der Waals surface area contributed by atoms with Gasteiger partial charge in [-0.25, -0.2) is 0 Å². The lowest BCUT2D eigenvalue weighted by Gasteiger charge is -2.38. The van der Waals surface area contributed by atoms with E-state index in [1.165, 1.54) is 115 Å². The van der Waals surface area contributed by atoms with Crippen LogP contribution in [-0.2, 0) is 10.8 Å². The van der Waals surface area contributed by atoms with Crippen LogP contribution in [0.3, 0.4) is 0 Å². The fourth-order valence-corrected chi connectivity index (χ4v) is 9.68. The number of benzene rings is 7. The molecule has 1 aliphatic rings. The molecule has 0 unspecified atom stereocenters. The molecule has 0 aromatic heterocycles. The van der Waals surface area contributed by atoms with E-state index < -0.39 is 5.41 Å². The van der Waals surface area contributed by atoms with Crippen LogP contribution in [0, 0.1) is 33.6 Å². The van der Waals surface area contributed by atoms with Crippen molar-refractivity contribution in [3.8, 4) is 0 Å². The second-order valence-corrected chi connectivity index (χ2v) is 20.2. The zero-order valence-corrected chi connectivity index (χ0v) is 48.9. The Balaban J connectivity index is 0.000000332. The second kappa shape index (κ2) is 31.9. The molecule has 0 heterocycles. The summed E-state index contributed by atoms with van der Waals surface area (Å²) in [5, 5.41) is 5.15. The number of rotatable bonds is 9. The Hall–Kier alpha value is -6.50. The normalized spacial score (nSPS) is 13.0. The molecule has 0 nitrogen and oxygen atoms in total. The van der Waals surface area contributed by atoms with Crippen LogP contribution in [0.4, 0.5) is 0 Å². The summed E-state index contributed by atoms with van der Waals surface area (Å²) < 4.78 is 0. The molecule has 8 rings (SSSR count). The Morgan fingerprint density at radius 1 is 0.527 bits per heavy atom. The van der Waals surface area contributed by atoms with Crippen LogP contribution >= 0.6 is 0 Å². The van der Waals surface area contributed by atoms with E-state index in [4.69, 9.17) is 6.58 Å². The summed E-state index contributed by atoms with van der Waals surface area (Å²) >= 11 is 0. The minimum atomic E-state index is -0.549. The highest BCUT2D eigenvalue weighted by molar-refractivity contribution is 6.12. The standard InChI is InChI=1S/C39H36.C13H16.C11H16.C7H14.2C2H6/c1-6-8-11-17-30(5)39(33-18-12-9-13-19-33,34-20-14-10-15-21-34)37-27-32-24-25-35-28(3)22-23-31(16-7-2)38(35)36(32)26-29(37)4;1-4-6-12(5-2)13-9-7-11(3)8-10-13;1-9-5-7-10(8-6-9)11(2,3)4;1-7-5-3-2-4-6-7;2*1-2/h6-27H,5H2,1-4H3;4-10H,1-3H3;5-8H,1-4H3;7H,2-6H2,1H3;2*1-2H3/b8-6-,16-7-,17-11-;6-4-,12-5+;;;;. The molecule has 0 heteroatoms. The van der Waals surface area contributed by atoms with Crippen LogP contribution in [-0.4, -0.2) is 0 Å². The van der Waals surface area contributed by atoms with Gasteiger partial charge in [0, 0.05) is 0 Å². The quantitative estimate of drug-likeness (QED) is 0.0768. The molecule has 7 aromatic rings. The van der Waals surface area contributed by atoms with Crippen LogP contribution in [0.25, 0.3) is 33.2 Å². The molecule has 0 saturated heterocycles. The van der Waals surface area contributed by atoms with Crippen molar-refractivity contribution in [2.24, 2.45) is 5.92 Å². The third-order valence-corrected chi connectivity index (χ3v) is 13.7. The largest absolute Gasteiger partial charge is 0.0942 e. The van der Waals surface area contributed by atoms with Crippen LogP contribution in [0.1, 0.15) is 171 Å². The van der Waals surface area contributed by atoms with Gasteiger partial charge in [-0.05, 0) is 150 Å². The topological polar surface area (TPSA) is 0 Å². The average Bonchev–Trinajstić information content (AvgIpc) is 3.42. The maximum Gasteiger partial charge on any atom is 0.0698 e. The van der Waals surface area contributed by atoms with Gasteiger partial charge in [0.2, 0.25) is 0 Å². The van der Waals surface area contributed by atoms with Gasteiger partial charge in [-0.1, -0.05) is 299 Å². The molecule has 74 heavy (non-hydrogen) atoms. The van der Waals surface area contributed by atoms with Crippen molar-refractivity contribution in [1.82, 2.24) is 0 Å². The molecule has 0 bridgehead atoms. The first-order valence-electron chi connectivity index (χ1n) is 27.8. The zero-order chi connectivity index (χ0) is 54.7. The van der Waals surface area contributed by atoms with Crippen molar-refractivity contribution in [3.05, 3.63) is 262 Å². The molecule has 0 N–H and O–H groups in total. The molecule has 0 spiro atoms. The molecule has 0 atom stereocenters. The third-order valence-electron chi connectivity index (χ3n) is 13.7. The van der Waals surface area contributed by atoms with Gasteiger partial charge in [0.1, 0.15) is 0 Å². The van der Waals surface area contributed by atoms with Crippen LogP contribution in [0.15, 0.2) is 206 Å². The Bertz CT molecular complexity index is 2840. The monoisotopic (exact) mass is 983 g/mol. The molecule has 390 valence electrons. The van der Waals surface area contributed by atoms with Crippen molar-refractivity contribution < 1.29 is 0 Å². The van der Waals surface area contributed by atoms with E-state index in [-0.39, 0.29) is 5.41 Å². The molecule has 0 aliphatic heterocycles. The average molecular weight is 984 g/mol. The molecule has 7 aromatic carbocycles. The lowest BCUT2D eigenvalue weighted by molar-refractivity contribution is 0.385. The Labute approximate surface area is 452 Å². The molecular weight excluding hydrogens is 889 g/mol. The van der Waals surface area contributed by atoms with E-state index in [9.17, 15) is 0 Å². The number of hydrogen-bond acceptors (Lipinski definition) is 0. The SMILES string of the molecule is C/C=C\C(=C/C)c1ccc(C)cc1.C=C(/C=C\C=C/C)C(c1ccccc1)(c1ccccc1)c1cc2ccc3c(C)ccc(/C=C\C)c3c2cc1C.CC.CC.CC1CCCCC1.Cc1ccc(C(C)(C)C)cc1. The van der Waals surface area contributed by atoms with Gasteiger partial charge in [0.05, 0.1) is 5.41 Å². The maximum absolute atomic E-state index is 4.72. The zero-order valence-electron chi connectivity index (χ0n) is 48.9. The lowest BCUT2D eigenvalue weighted by atomic mass is 9.63. The van der Waals surface area contributed by atoms with Crippen LogP contribution in [0.2, 0.25) is 0 Å². The van der Waals surface area contributed by atoms with E-state index in [0.29, 0.717) is 0 Å². The number of allylic oxidation sites excluding steroid dienone is 10. The summed E-state index contributed by atoms with van der Waals surface area (Å²) in [5.41, 5.74) is 14.8. The van der Waals surface area contributed by atoms with Gasteiger partial charge < -0.3 is 0 Å². The molecule has 1 fully saturated rings. The third kappa shape index (κ3) is 17.0. The second-order valence-electron chi connectivity index (χ2n) is 20.2. The summed E-state index contributed by atoms with van der Waals surface area (Å²) in [4.78, 5) is 0. The first kappa shape index (κ1) is 61.8. The lowest BCUT2D eigenvalue weighted by Crippen LogP contribution is -2.32. The number of aryl methyl sites for hydroxylation is 4. The summed E-state index contributed by atoms with van der Waals surface area (Å²) in [7, 11) is 0. The predicted molar refractivity (Wildman–Crippen MR) is 336 cm³/mol. The van der Waals surface area contributed by atoms with Crippen LogP contribution in [0.5, 0.6) is 0 Å². The van der Waals surface area contributed by atoms with Gasteiger partial charge in [0.15, 0.2) is 0 Å². The number of fused-ring (bicyclic) bond motifs is 3. The summed E-state index contributed by atoms with van der Waals surface area (Å²) in [6.07, 6.45) is 26.5. The summed E-state index contributed by atoms with van der Waals surface area (Å²) in [5.74, 6) is 1.04. The van der Waals surface area contributed by atoms with Crippen molar-refractivity contribution >= 4 is 33.2 Å². The van der Waals surface area contributed by atoms with Crippen molar-refractivity contribution in [1.29, 1.82) is 0 Å². The van der Waals surface area contributed by atoms with Crippen molar-refractivity contribution in [2.45, 2.75) is 154 Å². The van der Waals surface area contributed by atoms with E-state index in [1.54, 1.807) is 0 Å². The highest BCUT2D eigenvalue weighted by Crippen LogP contribution is 2.48. The fraction of sp³-hybridized carbons (Fsp3) is 0.324. The first-order chi connectivity index (χ1) is 35.7. The van der Waals surface area contributed by atoms with Gasteiger partial charge >= 0.3 is 0 Å². The smallest absolute Gasteiger partial charge is 0.0698 e. The minimum Gasteiger partial charge on any atom is -0.0942 e. The van der Waals surface area contributed by atoms with Crippen molar-refractivity contribution in [3.63, 3.8) is 0 Å². The van der Waals surface area contributed by atoms with Gasteiger partial charge in [-0.3, -0.25) is 0 Å². The maximum atomic E-state index is 4.72. The molecule has 1 saturated carbocycles. The minimum absolute atomic E-state index is 0.285. The van der Waals surface area contributed by atoms with Crippen LogP contribution < -0.4 is 0 Å². The Kier molecular flexibility index (Phi) is 26.7. The van der Waals surface area contributed by atoms with E-state index in [2.05, 4.69) is 263 Å².